The lowest BCUT2D eigenvalue weighted by atomic mass is 9.93. The van der Waals surface area contributed by atoms with E-state index in [2.05, 4.69) is 20.4 Å². The highest BCUT2D eigenvalue weighted by Gasteiger charge is 2.17. The molecule has 0 spiro atoms. The van der Waals surface area contributed by atoms with E-state index in [-0.39, 0.29) is 0 Å². The van der Waals surface area contributed by atoms with Crippen LogP contribution in [0.4, 0.5) is 5.82 Å². The summed E-state index contributed by atoms with van der Waals surface area (Å²) in [7, 11) is 0. The number of anilines is 1. The molecule has 0 aliphatic heterocycles. The average molecular weight is 243 g/mol. The molecule has 5 heteroatoms. The standard InChI is InChI=1S/C13H17N5/c1-9-6-10(2)18(17-9)13-7-12(14-8-15-13)16-11-4-3-5-11/h6-8,11H,3-5H2,1-2H3,(H,14,15,16). The summed E-state index contributed by atoms with van der Waals surface area (Å²) in [5.41, 5.74) is 2.08. The van der Waals surface area contributed by atoms with Crippen LogP contribution in [-0.4, -0.2) is 25.8 Å². The van der Waals surface area contributed by atoms with E-state index in [0.717, 1.165) is 23.0 Å². The Hall–Kier alpha value is -1.91. The van der Waals surface area contributed by atoms with Gasteiger partial charge < -0.3 is 5.32 Å². The Morgan fingerprint density at radius 1 is 1.22 bits per heavy atom. The summed E-state index contributed by atoms with van der Waals surface area (Å²) in [6.45, 7) is 4.01. The molecule has 18 heavy (non-hydrogen) atoms. The van der Waals surface area contributed by atoms with Crippen LogP contribution in [0.5, 0.6) is 0 Å². The van der Waals surface area contributed by atoms with Crippen LogP contribution < -0.4 is 5.32 Å². The smallest absolute Gasteiger partial charge is 0.159 e. The van der Waals surface area contributed by atoms with Crippen molar-refractivity contribution in [2.75, 3.05) is 5.32 Å². The Labute approximate surface area is 106 Å². The zero-order valence-electron chi connectivity index (χ0n) is 10.7. The van der Waals surface area contributed by atoms with Crippen molar-refractivity contribution in [3.05, 3.63) is 29.8 Å². The predicted octanol–water partition coefficient (Wildman–Crippen LogP) is 2.24. The van der Waals surface area contributed by atoms with Gasteiger partial charge in [0.15, 0.2) is 5.82 Å². The van der Waals surface area contributed by atoms with Crippen molar-refractivity contribution in [2.24, 2.45) is 0 Å². The van der Waals surface area contributed by atoms with Crippen LogP contribution in [0.25, 0.3) is 5.82 Å². The summed E-state index contributed by atoms with van der Waals surface area (Å²) < 4.78 is 1.85. The van der Waals surface area contributed by atoms with Crippen LogP contribution in [0.2, 0.25) is 0 Å². The van der Waals surface area contributed by atoms with E-state index in [1.807, 2.05) is 30.7 Å². The molecule has 94 valence electrons. The van der Waals surface area contributed by atoms with Crippen molar-refractivity contribution in [1.82, 2.24) is 19.7 Å². The van der Waals surface area contributed by atoms with Crippen molar-refractivity contribution >= 4 is 5.82 Å². The monoisotopic (exact) mass is 243 g/mol. The molecule has 2 aromatic heterocycles. The van der Waals surface area contributed by atoms with Gasteiger partial charge in [0.25, 0.3) is 0 Å². The van der Waals surface area contributed by atoms with Gasteiger partial charge in [0.2, 0.25) is 0 Å². The molecule has 3 rings (SSSR count). The topological polar surface area (TPSA) is 55.6 Å². The molecule has 0 amide bonds. The highest BCUT2D eigenvalue weighted by molar-refractivity contribution is 5.42. The Kier molecular flexibility index (Phi) is 2.74. The predicted molar refractivity (Wildman–Crippen MR) is 69.9 cm³/mol. The Bertz CT molecular complexity index is 556. The highest BCUT2D eigenvalue weighted by atomic mass is 15.3. The van der Waals surface area contributed by atoms with E-state index in [9.17, 15) is 0 Å². The zero-order valence-corrected chi connectivity index (χ0v) is 10.7. The lowest BCUT2D eigenvalue weighted by Gasteiger charge is -2.26. The third-order valence-electron chi connectivity index (χ3n) is 3.34. The van der Waals surface area contributed by atoms with E-state index >= 15 is 0 Å². The molecule has 1 saturated carbocycles. The van der Waals surface area contributed by atoms with Crippen LogP contribution in [0.15, 0.2) is 18.5 Å². The van der Waals surface area contributed by atoms with Gasteiger partial charge in [-0.2, -0.15) is 5.10 Å². The molecule has 1 N–H and O–H groups in total. The van der Waals surface area contributed by atoms with Crippen LogP contribution in [0.3, 0.4) is 0 Å². The molecule has 0 saturated heterocycles. The van der Waals surface area contributed by atoms with Gasteiger partial charge in [-0.05, 0) is 39.2 Å². The Balaban J connectivity index is 1.87. The largest absolute Gasteiger partial charge is 0.367 e. The first-order chi connectivity index (χ1) is 8.72. The van der Waals surface area contributed by atoms with Crippen molar-refractivity contribution in [1.29, 1.82) is 0 Å². The van der Waals surface area contributed by atoms with E-state index in [0.29, 0.717) is 6.04 Å². The van der Waals surface area contributed by atoms with Crippen LogP contribution >= 0.6 is 0 Å². The van der Waals surface area contributed by atoms with Crippen molar-refractivity contribution in [3.63, 3.8) is 0 Å². The average Bonchev–Trinajstić information content (AvgIpc) is 2.64. The molecule has 0 bridgehead atoms. The Morgan fingerprint density at radius 2 is 2.06 bits per heavy atom. The lowest BCUT2D eigenvalue weighted by molar-refractivity contribution is 0.444. The van der Waals surface area contributed by atoms with Gasteiger partial charge in [-0.3, -0.25) is 0 Å². The molecule has 0 aromatic carbocycles. The van der Waals surface area contributed by atoms with Gasteiger partial charge in [0.1, 0.15) is 12.1 Å². The van der Waals surface area contributed by atoms with E-state index in [1.165, 1.54) is 19.3 Å². The first-order valence-electron chi connectivity index (χ1n) is 6.34. The molecule has 0 atom stereocenters. The molecule has 0 radical (unpaired) electrons. The number of nitrogens with one attached hydrogen (secondary N) is 1. The fraction of sp³-hybridized carbons (Fsp3) is 0.462. The molecular weight excluding hydrogens is 226 g/mol. The fourth-order valence-corrected chi connectivity index (χ4v) is 2.16. The van der Waals surface area contributed by atoms with E-state index in [4.69, 9.17) is 0 Å². The van der Waals surface area contributed by atoms with Gasteiger partial charge in [0.05, 0.1) is 5.69 Å². The summed E-state index contributed by atoms with van der Waals surface area (Å²) >= 11 is 0. The van der Waals surface area contributed by atoms with Crippen molar-refractivity contribution in [3.8, 4) is 5.82 Å². The van der Waals surface area contributed by atoms with E-state index in [1.54, 1.807) is 6.33 Å². The maximum absolute atomic E-state index is 4.43. The van der Waals surface area contributed by atoms with Crippen molar-refractivity contribution < 1.29 is 0 Å². The van der Waals surface area contributed by atoms with E-state index < -0.39 is 0 Å². The van der Waals surface area contributed by atoms with Crippen LogP contribution in [-0.2, 0) is 0 Å². The third-order valence-corrected chi connectivity index (χ3v) is 3.34. The number of hydrogen-bond donors (Lipinski definition) is 1. The molecule has 0 unspecified atom stereocenters. The molecule has 1 fully saturated rings. The van der Waals surface area contributed by atoms with Gasteiger partial charge in [-0.25, -0.2) is 14.6 Å². The summed E-state index contributed by atoms with van der Waals surface area (Å²) in [5, 5.41) is 7.86. The SMILES string of the molecule is Cc1cc(C)n(-c2cc(NC3CCC3)ncn2)n1. The summed E-state index contributed by atoms with van der Waals surface area (Å²) in [4.78, 5) is 8.54. The third kappa shape index (κ3) is 2.08. The molecule has 5 nitrogen and oxygen atoms in total. The molecule has 1 aliphatic carbocycles. The minimum Gasteiger partial charge on any atom is -0.367 e. The normalized spacial score (nSPS) is 15.4. The fourth-order valence-electron chi connectivity index (χ4n) is 2.16. The molecular formula is C13H17N5. The zero-order chi connectivity index (χ0) is 12.5. The van der Waals surface area contributed by atoms with Gasteiger partial charge in [-0.15, -0.1) is 0 Å². The summed E-state index contributed by atoms with van der Waals surface area (Å²) in [5.74, 6) is 1.70. The summed E-state index contributed by atoms with van der Waals surface area (Å²) in [6, 6.07) is 4.58. The maximum atomic E-state index is 4.43. The van der Waals surface area contributed by atoms with Crippen LogP contribution in [0, 0.1) is 13.8 Å². The van der Waals surface area contributed by atoms with Crippen molar-refractivity contribution in [2.45, 2.75) is 39.2 Å². The quantitative estimate of drug-likeness (QED) is 0.898. The first kappa shape index (κ1) is 11.2. The minimum atomic E-state index is 0.577. The molecule has 2 heterocycles. The second-order valence-electron chi connectivity index (χ2n) is 4.87. The molecule has 2 aromatic rings. The summed E-state index contributed by atoms with van der Waals surface area (Å²) in [6.07, 6.45) is 5.37. The second-order valence-corrected chi connectivity index (χ2v) is 4.87. The number of hydrogen-bond acceptors (Lipinski definition) is 4. The number of rotatable bonds is 3. The van der Waals surface area contributed by atoms with Gasteiger partial charge >= 0.3 is 0 Å². The van der Waals surface area contributed by atoms with Crippen LogP contribution in [0.1, 0.15) is 30.7 Å². The number of nitrogens with zero attached hydrogens (tertiary/aromatic N) is 4. The number of aryl methyl sites for hydroxylation is 2. The van der Waals surface area contributed by atoms with Gasteiger partial charge in [0, 0.05) is 17.8 Å². The second kappa shape index (κ2) is 4.40. The van der Waals surface area contributed by atoms with Gasteiger partial charge in [-0.1, -0.05) is 0 Å². The highest BCUT2D eigenvalue weighted by Crippen LogP contribution is 2.22. The maximum Gasteiger partial charge on any atom is 0.159 e. The first-order valence-corrected chi connectivity index (χ1v) is 6.34. The number of aromatic nitrogens is 4. The molecule has 1 aliphatic rings. The minimum absolute atomic E-state index is 0.577. The lowest BCUT2D eigenvalue weighted by Crippen LogP contribution is -2.27. The Morgan fingerprint density at radius 3 is 2.67 bits per heavy atom.